The number of rotatable bonds is 16. The second-order valence-corrected chi connectivity index (χ2v) is 15.3. The lowest BCUT2D eigenvalue weighted by Crippen LogP contribution is -2.46. The van der Waals surface area contributed by atoms with Gasteiger partial charge in [0.2, 0.25) is 5.79 Å². The van der Waals surface area contributed by atoms with Crippen LogP contribution in [-0.4, -0.2) is 98.4 Å². The summed E-state index contributed by atoms with van der Waals surface area (Å²) in [7, 11) is 0. The van der Waals surface area contributed by atoms with Crippen LogP contribution in [0.5, 0.6) is 5.75 Å². The molecule has 5 atom stereocenters. The van der Waals surface area contributed by atoms with Crippen molar-refractivity contribution in [3.05, 3.63) is 149 Å². The molecule has 8 rings (SSSR count). The lowest BCUT2D eigenvalue weighted by atomic mass is 10.0. The van der Waals surface area contributed by atoms with Crippen molar-refractivity contribution in [3.63, 3.8) is 0 Å². The average Bonchev–Trinajstić information content (AvgIpc) is 4.04. The molecule has 0 amide bonds. The minimum absolute atomic E-state index is 0.0166. The fraction of sp³-hybridized carbons (Fsp3) is 0.364. The highest BCUT2D eigenvalue weighted by molar-refractivity contribution is 5.54. The van der Waals surface area contributed by atoms with Gasteiger partial charge >= 0.3 is 5.69 Å². The third kappa shape index (κ3) is 9.11. The molecule has 314 valence electrons. The number of aromatic nitrogens is 6. The molecule has 14 nitrogen and oxygen atoms in total. The van der Waals surface area contributed by atoms with Gasteiger partial charge in [-0.25, -0.2) is 32.5 Å². The van der Waals surface area contributed by atoms with Crippen LogP contribution in [0.1, 0.15) is 31.0 Å². The summed E-state index contributed by atoms with van der Waals surface area (Å²) in [6.45, 7) is 7.55. The standard InChI is InChI=1S/C44H49F2N9O5/c1-31(50-35(24-56)22-33-6-4-3-5-7-33)32(2)55-43(57)54(30-49-55)38-11-9-36(10-12-38)51-18-20-52(21-19-51)37-13-15-39(16-14-37)58-25-40-26-59-44(60-40,27-53-29-47-28-48-53)41-17-8-34(45)23-42(41)46/h3-17,23,28-32,35,40,50,56H,18-22,24-27H2,1-2H3. The van der Waals surface area contributed by atoms with E-state index in [1.165, 1.54) is 34.2 Å². The maximum atomic E-state index is 14.9. The van der Waals surface area contributed by atoms with Gasteiger partial charge in [-0.2, -0.15) is 10.2 Å². The van der Waals surface area contributed by atoms with Crippen molar-refractivity contribution in [1.29, 1.82) is 0 Å². The van der Waals surface area contributed by atoms with Crippen LogP contribution in [0.3, 0.4) is 0 Å². The highest BCUT2D eigenvalue weighted by Gasteiger charge is 2.46. The molecule has 0 saturated carbocycles. The molecule has 2 aliphatic heterocycles. The Morgan fingerprint density at radius 1 is 0.883 bits per heavy atom. The fourth-order valence-electron chi connectivity index (χ4n) is 7.84. The number of halogens is 2. The summed E-state index contributed by atoms with van der Waals surface area (Å²) in [6, 6.07) is 28.7. The van der Waals surface area contributed by atoms with Gasteiger partial charge in [-0.1, -0.05) is 30.3 Å². The predicted molar refractivity (Wildman–Crippen MR) is 221 cm³/mol. The molecule has 2 N–H and O–H groups in total. The second kappa shape index (κ2) is 18.1. The zero-order valence-electron chi connectivity index (χ0n) is 33.6. The highest BCUT2D eigenvalue weighted by Crippen LogP contribution is 2.38. The van der Waals surface area contributed by atoms with Gasteiger partial charge < -0.3 is 34.4 Å². The van der Waals surface area contributed by atoms with Crippen molar-refractivity contribution in [2.45, 2.75) is 56.8 Å². The molecule has 2 aliphatic rings. The number of anilines is 2. The normalized spacial score (nSPS) is 19.6. The zero-order chi connectivity index (χ0) is 41.6. The molecule has 4 heterocycles. The molecule has 4 aromatic carbocycles. The Morgan fingerprint density at radius 3 is 2.22 bits per heavy atom. The van der Waals surface area contributed by atoms with E-state index in [1.54, 1.807) is 10.9 Å². The Labute approximate surface area is 346 Å². The predicted octanol–water partition coefficient (Wildman–Crippen LogP) is 4.72. The quantitative estimate of drug-likeness (QED) is 0.140. The van der Waals surface area contributed by atoms with Crippen LogP contribution >= 0.6 is 0 Å². The summed E-state index contributed by atoms with van der Waals surface area (Å²) in [5, 5.41) is 22.1. The second-order valence-electron chi connectivity index (χ2n) is 15.3. The van der Waals surface area contributed by atoms with Gasteiger partial charge in [-0.05, 0) is 86.5 Å². The van der Waals surface area contributed by atoms with E-state index in [4.69, 9.17) is 14.2 Å². The number of benzene rings is 4. The average molecular weight is 822 g/mol. The van der Waals surface area contributed by atoms with Crippen LogP contribution in [0.15, 0.2) is 121 Å². The van der Waals surface area contributed by atoms with Crippen molar-refractivity contribution < 1.29 is 28.1 Å². The van der Waals surface area contributed by atoms with E-state index < -0.39 is 23.5 Å². The van der Waals surface area contributed by atoms with Gasteiger partial charge in [0.25, 0.3) is 0 Å². The van der Waals surface area contributed by atoms with Gasteiger partial charge in [0, 0.05) is 61.3 Å². The van der Waals surface area contributed by atoms with E-state index in [9.17, 15) is 18.7 Å². The summed E-state index contributed by atoms with van der Waals surface area (Å²) in [5.41, 5.74) is 3.87. The lowest BCUT2D eigenvalue weighted by molar-refractivity contribution is -0.192. The molecule has 60 heavy (non-hydrogen) atoms. The van der Waals surface area contributed by atoms with Crippen molar-refractivity contribution in [2.24, 2.45) is 0 Å². The molecule has 5 unspecified atom stereocenters. The van der Waals surface area contributed by atoms with Gasteiger partial charge in [0.1, 0.15) is 55.6 Å². The number of nitrogens with one attached hydrogen (secondary N) is 1. The number of nitrogens with zero attached hydrogens (tertiary/aromatic N) is 8. The first-order chi connectivity index (χ1) is 29.2. The van der Waals surface area contributed by atoms with Crippen LogP contribution in [0, 0.1) is 11.6 Å². The maximum Gasteiger partial charge on any atom is 0.350 e. The molecule has 2 fully saturated rings. The minimum atomic E-state index is -1.53. The molecule has 6 aromatic rings. The summed E-state index contributed by atoms with van der Waals surface area (Å²) >= 11 is 0. The SMILES string of the molecule is CC(NC(CO)Cc1ccccc1)C(C)n1ncn(-c2ccc(N3CCN(c4ccc(OCC5COC(Cn6cncn6)(c6ccc(F)cc6F)O5)cc4)CC3)cc2)c1=O. The van der Waals surface area contributed by atoms with Crippen LogP contribution in [0.2, 0.25) is 0 Å². The monoisotopic (exact) mass is 821 g/mol. The Bertz CT molecular complexity index is 2350. The molecule has 0 aliphatic carbocycles. The van der Waals surface area contributed by atoms with E-state index in [1.807, 2.05) is 92.7 Å². The fourth-order valence-corrected chi connectivity index (χ4v) is 7.84. The highest BCUT2D eigenvalue weighted by atomic mass is 19.1. The number of piperazine rings is 1. The van der Waals surface area contributed by atoms with Crippen LogP contribution < -0.4 is 25.5 Å². The molecule has 16 heteroatoms. The number of aliphatic hydroxyl groups is 1. The summed E-state index contributed by atoms with van der Waals surface area (Å²) < 4.78 is 51.6. The maximum absolute atomic E-state index is 14.9. The van der Waals surface area contributed by atoms with Crippen LogP contribution in [0.4, 0.5) is 20.2 Å². The number of ether oxygens (including phenoxy) is 3. The Kier molecular flexibility index (Phi) is 12.3. The number of hydrogen-bond acceptors (Lipinski definition) is 11. The van der Waals surface area contributed by atoms with Gasteiger partial charge in [-0.3, -0.25) is 0 Å². The van der Waals surface area contributed by atoms with Gasteiger partial charge in [0.05, 0.1) is 24.9 Å². The molecule has 0 bridgehead atoms. The van der Waals surface area contributed by atoms with E-state index in [2.05, 4.69) is 30.3 Å². The van der Waals surface area contributed by atoms with E-state index in [-0.39, 0.29) is 55.7 Å². The Morgan fingerprint density at radius 2 is 1.57 bits per heavy atom. The first-order valence-electron chi connectivity index (χ1n) is 20.2. The van der Waals surface area contributed by atoms with E-state index >= 15 is 0 Å². The van der Waals surface area contributed by atoms with Crippen LogP contribution in [-0.2, 0) is 28.2 Å². The van der Waals surface area contributed by atoms with Crippen LogP contribution in [0.25, 0.3) is 5.69 Å². The van der Waals surface area contributed by atoms with Crippen molar-refractivity contribution in [3.8, 4) is 11.4 Å². The van der Waals surface area contributed by atoms with E-state index in [0.29, 0.717) is 12.2 Å². The third-order valence-corrected chi connectivity index (χ3v) is 11.3. The molecular formula is C44H49F2N9O5. The van der Waals surface area contributed by atoms with Crippen molar-refractivity contribution >= 4 is 11.4 Å². The van der Waals surface area contributed by atoms with Gasteiger partial charge in [-0.15, -0.1) is 0 Å². The zero-order valence-corrected chi connectivity index (χ0v) is 33.6. The summed E-state index contributed by atoms with van der Waals surface area (Å²) in [6.07, 6.45) is 4.56. The van der Waals surface area contributed by atoms with E-state index in [0.717, 1.165) is 54.9 Å². The molecule has 2 saturated heterocycles. The molecular weight excluding hydrogens is 773 g/mol. The molecule has 2 aromatic heterocycles. The lowest BCUT2D eigenvalue weighted by Gasteiger charge is -2.37. The minimum Gasteiger partial charge on any atom is -0.491 e. The van der Waals surface area contributed by atoms with Gasteiger partial charge in [0.15, 0.2) is 0 Å². The Hall–Kier alpha value is -5.94. The van der Waals surface area contributed by atoms with Crippen molar-refractivity contribution in [2.75, 3.05) is 55.8 Å². The third-order valence-electron chi connectivity index (χ3n) is 11.3. The summed E-state index contributed by atoms with van der Waals surface area (Å²) in [4.78, 5) is 22.1. The largest absolute Gasteiger partial charge is 0.491 e. The first-order valence-corrected chi connectivity index (χ1v) is 20.2. The van der Waals surface area contributed by atoms with Crippen molar-refractivity contribution in [1.82, 2.24) is 34.4 Å². The first kappa shape index (κ1) is 40.8. The Balaban J connectivity index is 0.819. The summed E-state index contributed by atoms with van der Waals surface area (Å²) in [5.74, 6) is -2.34. The molecule has 0 spiro atoms. The number of hydrogen-bond donors (Lipinski definition) is 2. The topological polar surface area (TPSA) is 137 Å². The smallest absolute Gasteiger partial charge is 0.350 e. The molecule has 0 radical (unpaired) electrons. The number of aliphatic hydroxyl groups excluding tert-OH is 1.